The Morgan fingerprint density at radius 3 is 2.80 bits per heavy atom. The van der Waals surface area contributed by atoms with E-state index in [-0.39, 0.29) is 17.1 Å². The van der Waals surface area contributed by atoms with Gasteiger partial charge in [-0.1, -0.05) is 23.9 Å². The molecule has 1 N–H and O–H groups in total. The number of nitrogens with zero attached hydrogens (tertiary/aromatic N) is 2. The summed E-state index contributed by atoms with van der Waals surface area (Å²) in [6.45, 7) is 1.70. The number of aryl methyl sites for hydroxylation is 1. The normalized spacial score (nSPS) is 11.7. The van der Waals surface area contributed by atoms with Gasteiger partial charge in [0.1, 0.15) is 0 Å². The van der Waals surface area contributed by atoms with E-state index < -0.39 is 11.7 Å². The number of benzene rings is 1. The van der Waals surface area contributed by atoms with Crippen LogP contribution in [-0.2, 0) is 11.9 Å². The number of aromatic amines is 1. The molecule has 0 fully saturated rings. The van der Waals surface area contributed by atoms with Crippen molar-refractivity contribution in [1.29, 1.82) is 0 Å². The van der Waals surface area contributed by atoms with Crippen molar-refractivity contribution in [2.75, 3.05) is 0 Å². The van der Waals surface area contributed by atoms with E-state index in [1.807, 2.05) is 0 Å². The molecule has 130 valence electrons. The summed E-state index contributed by atoms with van der Waals surface area (Å²) in [5.74, 6) is 0.847. The van der Waals surface area contributed by atoms with Crippen molar-refractivity contribution < 1.29 is 17.6 Å². The number of oxazole rings is 1. The molecule has 1 aromatic carbocycles. The lowest BCUT2D eigenvalue weighted by molar-refractivity contribution is -0.137. The van der Waals surface area contributed by atoms with Gasteiger partial charge in [-0.3, -0.25) is 4.79 Å². The summed E-state index contributed by atoms with van der Waals surface area (Å²) in [5.41, 5.74) is -0.130. The summed E-state index contributed by atoms with van der Waals surface area (Å²) >= 11 is 1.21. The standard InChI is InChI=1S/C16H12F3N3O2S/c1-9-5-13(23)22-15(21-9)25-8-14-20-7-12(24-14)10-3-2-4-11(6-10)16(17,18)19/h2-7H,8H2,1H3,(H,21,22,23). The highest BCUT2D eigenvalue weighted by atomic mass is 32.2. The minimum atomic E-state index is -4.42. The van der Waals surface area contributed by atoms with Gasteiger partial charge in [-0.15, -0.1) is 0 Å². The quantitative estimate of drug-likeness (QED) is 0.556. The van der Waals surface area contributed by atoms with Crippen molar-refractivity contribution in [3.63, 3.8) is 0 Å². The molecule has 0 unspecified atom stereocenters. The molecule has 0 atom stereocenters. The monoisotopic (exact) mass is 367 g/mol. The minimum Gasteiger partial charge on any atom is -0.440 e. The summed E-state index contributed by atoms with van der Waals surface area (Å²) < 4.78 is 43.8. The average Bonchev–Trinajstić information content (AvgIpc) is 3.00. The van der Waals surface area contributed by atoms with Crippen molar-refractivity contribution in [3.05, 3.63) is 64.0 Å². The van der Waals surface area contributed by atoms with E-state index in [0.717, 1.165) is 12.1 Å². The largest absolute Gasteiger partial charge is 0.440 e. The summed E-state index contributed by atoms with van der Waals surface area (Å²) in [7, 11) is 0. The summed E-state index contributed by atoms with van der Waals surface area (Å²) in [5, 5.41) is 0.420. The van der Waals surface area contributed by atoms with Crippen LogP contribution < -0.4 is 5.56 Å². The van der Waals surface area contributed by atoms with Gasteiger partial charge in [-0.2, -0.15) is 13.2 Å². The Morgan fingerprint density at radius 1 is 1.28 bits per heavy atom. The molecular weight excluding hydrogens is 355 g/mol. The molecule has 0 radical (unpaired) electrons. The minimum absolute atomic E-state index is 0.243. The number of halogens is 3. The highest BCUT2D eigenvalue weighted by molar-refractivity contribution is 7.98. The fourth-order valence-electron chi connectivity index (χ4n) is 2.11. The van der Waals surface area contributed by atoms with Gasteiger partial charge in [0.15, 0.2) is 10.9 Å². The molecule has 0 aliphatic rings. The van der Waals surface area contributed by atoms with Crippen molar-refractivity contribution >= 4 is 11.8 Å². The van der Waals surface area contributed by atoms with Crippen LogP contribution in [0, 0.1) is 6.92 Å². The molecule has 0 aliphatic carbocycles. The van der Waals surface area contributed by atoms with Gasteiger partial charge in [0, 0.05) is 17.3 Å². The van der Waals surface area contributed by atoms with E-state index in [9.17, 15) is 18.0 Å². The van der Waals surface area contributed by atoms with Gasteiger partial charge >= 0.3 is 6.18 Å². The molecule has 3 rings (SSSR count). The van der Waals surface area contributed by atoms with E-state index in [1.54, 1.807) is 6.92 Å². The van der Waals surface area contributed by atoms with E-state index in [4.69, 9.17) is 4.42 Å². The first kappa shape index (κ1) is 17.3. The Kier molecular flexibility index (Phi) is 4.67. The number of hydrogen-bond acceptors (Lipinski definition) is 5. The highest BCUT2D eigenvalue weighted by Crippen LogP contribution is 2.32. The summed E-state index contributed by atoms with van der Waals surface area (Å²) in [6.07, 6.45) is -3.05. The van der Waals surface area contributed by atoms with Crippen LogP contribution >= 0.6 is 11.8 Å². The highest BCUT2D eigenvalue weighted by Gasteiger charge is 2.30. The number of nitrogens with one attached hydrogen (secondary N) is 1. The molecule has 2 heterocycles. The van der Waals surface area contributed by atoms with Crippen LogP contribution in [0.3, 0.4) is 0 Å². The summed E-state index contributed by atoms with van der Waals surface area (Å²) in [6, 6.07) is 6.22. The third-order valence-corrected chi connectivity index (χ3v) is 4.07. The molecule has 0 saturated heterocycles. The van der Waals surface area contributed by atoms with Gasteiger partial charge < -0.3 is 9.40 Å². The maximum atomic E-state index is 12.8. The molecule has 0 amide bonds. The van der Waals surface area contributed by atoms with Crippen LogP contribution in [0.25, 0.3) is 11.3 Å². The van der Waals surface area contributed by atoms with Crippen molar-refractivity contribution in [2.24, 2.45) is 0 Å². The van der Waals surface area contributed by atoms with Gasteiger partial charge in [-0.05, 0) is 19.1 Å². The zero-order valence-corrected chi connectivity index (χ0v) is 13.7. The zero-order valence-electron chi connectivity index (χ0n) is 12.9. The van der Waals surface area contributed by atoms with E-state index in [1.165, 1.54) is 36.2 Å². The average molecular weight is 367 g/mol. The molecule has 2 aromatic heterocycles. The Labute approximate surface area is 144 Å². The predicted octanol–water partition coefficient (Wildman–Crippen LogP) is 4.04. The number of thioether (sulfide) groups is 1. The summed E-state index contributed by atoms with van der Waals surface area (Å²) in [4.78, 5) is 22.2. The third-order valence-electron chi connectivity index (χ3n) is 3.21. The third kappa shape index (κ3) is 4.30. The molecule has 0 saturated carbocycles. The van der Waals surface area contributed by atoms with Crippen LogP contribution in [0.4, 0.5) is 13.2 Å². The van der Waals surface area contributed by atoms with Gasteiger partial charge in [0.2, 0.25) is 5.89 Å². The lowest BCUT2D eigenvalue weighted by Crippen LogP contribution is -2.08. The predicted molar refractivity (Wildman–Crippen MR) is 86.1 cm³/mol. The second-order valence-electron chi connectivity index (χ2n) is 5.18. The first-order valence-corrected chi connectivity index (χ1v) is 8.13. The Morgan fingerprint density at radius 2 is 2.08 bits per heavy atom. The molecule has 25 heavy (non-hydrogen) atoms. The lowest BCUT2D eigenvalue weighted by Gasteiger charge is -2.07. The molecule has 0 spiro atoms. The van der Waals surface area contributed by atoms with Crippen LogP contribution in [0.2, 0.25) is 0 Å². The number of rotatable bonds is 4. The Balaban J connectivity index is 1.75. The van der Waals surface area contributed by atoms with Crippen molar-refractivity contribution in [3.8, 4) is 11.3 Å². The van der Waals surface area contributed by atoms with Gasteiger partial charge in [-0.25, -0.2) is 9.97 Å². The SMILES string of the molecule is Cc1cc(=O)[nH]c(SCc2ncc(-c3cccc(C(F)(F)F)c3)o2)n1. The molecule has 3 aromatic rings. The van der Waals surface area contributed by atoms with E-state index in [0.29, 0.717) is 22.3 Å². The fourth-order valence-corrected chi connectivity index (χ4v) is 2.88. The van der Waals surface area contributed by atoms with E-state index in [2.05, 4.69) is 15.0 Å². The number of H-pyrrole nitrogens is 1. The van der Waals surface area contributed by atoms with Gasteiger partial charge in [0.05, 0.1) is 17.5 Å². The second kappa shape index (κ2) is 6.75. The van der Waals surface area contributed by atoms with Crippen LogP contribution in [-0.4, -0.2) is 15.0 Å². The number of hydrogen-bond donors (Lipinski definition) is 1. The van der Waals surface area contributed by atoms with Gasteiger partial charge in [0.25, 0.3) is 5.56 Å². The molecule has 0 aliphatic heterocycles. The topological polar surface area (TPSA) is 71.8 Å². The van der Waals surface area contributed by atoms with E-state index >= 15 is 0 Å². The first-order chi connectivity index (χ1) is 11.8. The van der Waals surface area contributed by atoms with Crippen molar-refractivity contribution in [2.45, 2.75) is 24.0 Å². The maximum absolute atomic E-state index is 12.8. The molecule has 9 heteroatoms. The van der Waals surface area contributed by atoms with Crippen molar-refractivity contribution in [1.82, 2.24) is 15.0 Å². The lowest BCUT2D eigenvalue weighted by atomic mass is 10.1. The van der Waals surface area contributed by atoms with Crippen LogP contribution in [0.5, 0.6) is 0 Å². The van der Waals surface area contributed by atoms with Crippen LogP contribution in [0.15, 0.2) is 50.9 Å². The second-order valence-corrected chi connectivity index (χ2v) is 6.14. The maximum Gasteiger partial charge on any atom is 0.416 e. The van der Waals surface area contributed by atoms with Crippen LogP contribution in [0.1, 0.15) is 17.1 Å². The Bertz CT molecular complexity index is 950. The smallest absolute Gasteiger partial charge is 0.416 e. The zero-order chi connectivity index (χ0) is 18.0. The number of aromatic nitrogens is 3. The molecular formula is C16H12F3N3O2S. The molecule has 5 nitrogen and oxygen atoms in total. The molecule has 0 bridgehead atoms. The fraction of sp³-hybridized carbons (Fsp3) is 0.188. The first-order valence-electron chi connectivity index (χ1n) is 7.14. The number of alkyl halides is 3. The Hall–Kier alpha value is -2.55.